The average molecular weight is 853 g/mol. The Morgan fingerprint density at radius 2 is 1.24 bits per heavy atom. The van der Waals surface area contributed by atoms with Crippen LogP contribution in [0, 0.1) is 12.1 Å². The van der Waals surface area contributed by atoms with Gasteiger partial charge in [0.2, 0.25) is 0 Å². The van der Waals surface area contributed by atoms with E-state index in [-0.39, 0.29) is 0 Å². The minimum Gasteiger partial charge on any atom is -0.456 e. The fraction of sp³-hybridized carbons (Fsp3) is 0.111. The second-order valence-electron chi connectivity index (χ2n) is 16.9. The van der Waals surface area contributed by atoms with Gasteiger partial charge in [-0.2, -0.15) is 0 Å². The second-order valence-corrected chi connectivity index (χ2v) is 16.9. The lowest BCUT2D eigenvalue weighted by Gasteiger charge is -2.12. The van der Waals surface area contributed by atoms with Crippen LogP contribution in [0.2, 0.25) is 0 Å². The highest BCUT2D eigenvalue weighted by atomic mass is 16.3. The van der Waals surface area contributed by atoms with E-state index in [1.54, 1.807) is 6.08 Å². The number of hydrogen-bond donors (Lipinski definition) is 0. The third kappa shape index (κ3) is 7.82. The first-order chi connectivity index (χ1) is 32.6. The Balaban J connectivity index is 0.000000523. The maximum Gasteiger partial charge on any atom is 0.135 e. The van der Waals surface area contributed by atoms with Crippen LogP contribution in [-0.2, 0) is 0 Å². The second kappa shape index (κ2) is 18.6. The van der Waals surface area contributed by atoms with E-state index in [9.17, 15) is 0 Å². The highest BCUT2D eigenvalue weighted by Crippen LogP contribution is 2.39. The summed E-state index contributed by atoms with van der Waals surface area (Å²) >= 11 is 0. The van der Waals surface area contributed by atoms with Gasteiger partial charge in [-0.1, -0.05) is 167 Å². The Hall–Kier alpha value is -8.06. The first-order valence-electron chi connectivity index (χ1n) is 23.2. The number of nitrogens with zero attached hydrogens (tertiary/aromatic N) is 2. The molecule has 1 aliphatic carbocycles. The minimum atomic E-state index is 0.886. The summed E-state index contributed by atoms with van der Waals surface area (Å²) in [7, 11) is 0. The van der Waals surface area contributed by atoms with Crippen molar-refractivity contribution in [1.29, 1.82) is 0 Å². The molecule has 0 N–H and O–H groups in total. The number of fused-ring (bicyclic) bond motifs is 9. The van der Waals surface area contributed by atoms with Crippen molar-refractivity contribution in [2.24, 2.45) is 0 Å². The van der Waals surface area contributed by atoms with Crippen molar-refractivity contribution in [1.82, 2.24) is 9.13 Å². The van der Waals surface area contributed by atoms with Crippen LogP contribution in [0.15, 0.2) is 211 Å². The molecule has 3 nitrogen and oxygen atoms in total. The third-order valence-electron chi connectivity index (χ3n) is 12.4. The monoisotopic (exact) mass is 852 g/mol. The quantitative estimate of drug-likeness (QED) is 0.147. The van der Waals surface area contributed by atoms with Crippen LogP contribution in [0.5, 0.6) is 0 Å². The lowest BCUT2D eigenvalue weighted by molar-refractivity contribution is 0.669. The fourth-order valence-corrected chi connectivity index (χ4v) is 9.35. The van der Waals surface area contributed by atoms with Crippen LogP contribution >= 0.6 is 0 Å². The first-order valence-corrected chi connectivity index (χ1v) is 23.2. The van der Waals surface area contributed by atoms with Gasteiger partial charge in [-0.15, -0.1) is 0 Å². The van der Waals surface area contributed by atoms with E-state index in [0.717, 1.165) is 74.4 Å². The molecule has 0 saturated heterocycles. The molecule has 0 unspecified atom stereocenters. The molecule has 3 heteroatoms. The Kier molecular flexibility index (Phi) is 11.8. The molecule has 0 aliphatic heterocycles. The number of benzene rings is 7. The van der Waals surface area contributed by atoms with Crippen molar-refractivity contribution >= 4 is 71.1 Å². The van der Waals surface area contributed by atoms with Crippen LogP contribution in [0.1, 0.15) is 52.0 Å². The van der Waals surface area contributed by atoms with Gasteiger partial charge in [0.1, 0.15) is 11.2 Å². The number of allylic oxidation sites excluding steroid dienone is 7. The summed E-state index contributed by atoms with van der Waals surface area (Å²) in [6.45, 7) is 9.86. The van der Waals surface area contributed by atoms with Gasteiger partial charge >= 0.3 is 0 Å². The van der Waals surface area contributed by atoms with Crippen LogP contribution in [0.4, 0.5) is 0 Å². The first kappa shape index (κ1) is 41.9. The molecular formula is C63H52N2O. The summed E-state index contributed by atoms with van der Waals surface area (Å²) in [4.78, 5) is 0. The largest absolute Gasteiger partial charge is 0.456 e. The molecule has 320 valence electrons. The highest BCUT2D eigenvalue weighted by molar-refractivity contribution is 6.13. The van der Waals surface area contributed by atoms with Gasteiger partial charge < -0.3 is 13.6 Å². The van der Waals surface area contributed by atoms with Crippen molar-refractivity contribution in [2.45, 2.75) is 46.5 Å². The van der Waals surface area contributed by atoms with Gasteiger partial charge in [-0.05, 0) is 132 Å². The van der Waals surface area contributed by atoms with Crippen molar-refractivity contribution in [3.8, 4) is 33.6 Å². The molecule has 66 heavy (non-hydrogen) atoms. The van der Waals surface area contributed by atoms with E-state index in [1.165, 1.54) is 61.6 Å². The SMILES string of the molecule is C=C/C=C\CC.CCC.c1ccc2c(c#1)c1ccc(-n3c4ccccc4c4cc(-c5cccc(-c6ccc(C7=CC=CCC7)cc6)c5)ccc43)cc1n2-c1ccc2oc3ccccc3c2c1. The molecule has 8 aromatic carbocycles. The Labute approximate surface area is 387 Å². The van der Waals surface area contributed by atoms with Gasteiger partial charge in [0, 0.05) is 38.3 Å². The standard InChI is InChI=1S/C54H34N2O.C6H10.C3H8/c1-2-11-35(12-3-1)36-21-23-37(24-22-36)38-13-10-14-39(31-38)40-25-29-51-47(32-40)44-16-5-8-19-50(44)55(51)42-26-28-45-43-15-4-7-18-49(43)56(52(45)34-42)41-27-30-54-48(33-41)46-17-6-9-20-53(46)57-54;1-3-5-6-4-2;1-3-2/h1-2,5-11,13-14,16-34H,3,12H2;3,5-6H,1,4H2,2H3;3H2,1-2H3/b;6-5-;. The van der Waals surface area contributed by atoms with Crippen LogP contribution in [-0.4, -0.2) is 9.13 Å². The Bertz CT molecular complexity index is 3640. The maximum atomic E-state index is 6.21. The number of furan rings is 1. The summed E-state index contributed by atoms with van der Waals surface area (Å²) < 4.78 is 11.0. The van der Waals surface area contributed by atoms with E-state index in [4.69, 9.17) is 4.42 Å². The van der Waals surface area contributed by atoms with E-state index in [2.05, 4.69) is 219 Å². The van der Waals surface area contributed by atoms with Crippen LogP contribution < -0.4 is 0 Å². The number of rotatable bonds is 7. The predicted octanol–water partition coefficient (Wildman–Crippen LogP) is 18.0. The summed E-state index contributed by atoms with van der Waals surface area (Å²) in [5.41, 5.74) is 16.1. The van der Waals surface area contributed by atoms with Gasteiger partial charge in [-0.3, -0.25) is 0 Å². The summed E-state index contributed by atoms with van der Waals surface area (Å²) in [5.74, 6) is 0. The number of para-hydroxylation sites is 2. The Morgan fingerprint density at radius 1 is 0.561 bits per heavy atom. The zero-order chi connectivity index (χ0) is 45.0. The smallest absolute Gasteiger partial charge is 0.135 e. The molecule has 3 aromatic heterocycles. The van der Waals surface area contributed by atoms with Crippen molar-refractivity contribution in [3.63, 3.8) is 0 Å². The maximum absolute atomic E-state index is 6.21. The summed E-state index contributed by atoms with van der Waals surface area (Å²) in [5, 5.41) is 6.88. The Morgan fingerprint density at radius 3 is 2.03 bits per heavy atom. The molecule has 0 radical (unpaired) electrons. The summed E-state index contributed by atoms with van der Waals surface area (Å²) in [6.07, 6.45) is 17.0. The minimum absolute atomic E-state index is 0.886. The lowest BCUT2D eigenvalue weighted by atomic mass is 9.94. The van der Waals surface area contributed by atoms with Crippen molar-refractivity contribution < 1.29 is 4.42 Å². The molecular weight excluding hydrogens is 801 g/mol. The van der Waals surface area contributed by atoms with Gasteiger partial charge in [0.05, 0.1) is 27.5 Å². The van der Waals surface area contributed by atoms with Crippen molar-refractivity contribution in [3.05, 3.63) is 225 Å². The molecule has 11 aromatic rings. The zero-order valence-electron chi connectivity index (χ0n) is 37.9. The van der Waals surface area contributed by atoms with Crippen LogP contribution in [0.3, 0.4) is 0 Å². The zero-order valence-corrected chi connectivity index (χ0v) is 37.9. The predicted molar refractivity (Wildman–Crippen MR) is 283 cm³/mol. The third-order valence-corrected chi connectivity index (χ3v) is 12.4. The van der Waals surface area contributed by atoms with E-state index in [0.29, 0.717) is 0 Å². The van der Waals surface area contributed by atoms with Gasteiger partial charge in [-0.25, -0.2) is 0 Å². The molecule has 0 saturated carbocycles. The molecule has 0 fully saturated rings. The fourth-order valence-electron chi connectivity index (χ4n) is 9.35. The topological polar surface area (TPSA) is 23.0 Å². The normalized spacial score (nSPS) is 12.4. The molecule has 1 aliphatic rings. The molecule has 0 atom stereocenters. The van der Waals surface area contributed by atoms with Gasteiger partial charge in [0.25, 0.3) is 0 Å². The van der Waals surface area contributed by atoms with E-state index < -0.39 is 0 Å². The van der Waals surface area contributed by atoms with Gasteiger partial charge in [0.15, 0.2) is 0 Å². The molecule has 3 heterocycles. The van der Waals surface area contributed by atoms with Crippen molar-refractivity contribution in [2.75, 3.05) is 0 Å². The summed E-state index contributed by atoms with van der Waals surface area (Å²) in [6, 6.07) is 66.0. The molecule has 0 spiro atoms. The highest BCUT2D eigenvalue weighted by Gasteiger charge is 2.18. The van der Waals surface area contributed by atoms with Crippen LogP contribution in [0.25, 0.3) is 105 Å². The lowest BCUT2D eigenvalue weighted by Crippen LogP contribution is -1.97. The molecule has 0 amide bonds. The number of hydrogen-bond acceptors (Lipinski definition) is 1. The number of aromatic nitrogens is 2. The average Bonchev–Trinajstić information content (AvgIpc) is 4.03. The molecule has 12 rings (SSSR count). The van der Waals surface area contributed by atoms with E-state index >= 15 is 0 Å². The molecule has 0 bridgehead atoms. The van der Waals surface area contributed by atoms with E-state index in [1.807, 2.05) is 24.3 Å².